The van der Waals surface area contributed by atoms with Crippen molar-refractivity contribution in [1.82, 2.24) is 0 Å². The second-order valence-corrected chi connectivity index (χ2v) is 6.25. The summed E-state index contributed by atoms with van der Waals surface area (Å²) >= 11 is 0. The molecule has 0 unspecified atom stereocenters. The Hall–Kier alpha value is -2.47. The first-order valence-corrected chi connectivity index (χ1v) is 8.83. The number of rotatable bonds is 7. The van der Waals surface area contributed by atoms with Crippen LogP contribution in [-0.2, 0) is 4.74 Å². The molecule has 1 N–H and O–H groups in total. The van der Waals surface area contributed by atoms with Gasteiger partial charge in [0.2, 0.25) is 0 Å². The van der Waals surface area contributed by atoms with Crippen LogP contribution in [0.2, 0.25) is 0 Å². The van der Waals surface area contributed by atoms with Gasteiger partial charge in [0, 0.05) is 17.3 Å². The number of ether oxygens (including phenoxy) is 1. The van der Waals surface area contributed by atoms with Gasteiger partial charge in [-0.25, -0.2) is 4.39 Å². The first kappa shape index (κ1) is 18.9. The largest absolute Gasteiger partial charge is 0.491 e. The maximum atomic E-state index is 15.0. The van der Waals surface area contributed by atoms with E-state index in [2.05, 4.69) is 17.9 Å². The zero-order chi connectivity index (χ0) is 18.1. The molecule has 132 valence electrons. The first-order chi connectivity index (χ1) is 12.2. The topological polar surface area (TPSA) is 21.3 Å². The highest BCUT2D eigenvalue weighted by Gasteiger charge is 2.17. The maximum absolute atomic E-state index is 15.0. The van der Waals surface area contributed by atoms with Crippen molar-refractivity contribution in [3.63, 3.8) is 0 Å². The van der Waals surface area contributed by atoms with Crippen LogP contribution < -0.4 is 5.32 Å². The van der Waals surface area contributed by atoms with Crippen molar-refractivity contribution >= 4 is 11.3 Å². The summed E-state index contributed by atoms with van der Waals surface area (Å²) < 4.78 is 20.9. The van der Waals surface area contributed by atoms with E-state index in [1.807, 2.05) is 18.2 Å². The number of allylic oxidation sites excluding steroid dienone is 4. The third-order valence-electron chi connectivity index (χ3n) is 4.51. The van der Waals surface area contributed by atoms with Crippen LogP contribution in [0.5, 0.6) is 0 Å². The maximum Gasteiger partial charge on any atom is 0.172 e. The number of benzene rings is 1. The lowest BCUT2D eigenvalue weighted by Gasteiger charge is -2.22. The Morgan fingerprint density at radius 2 is 2.16 bits per heavy atom. The Balaban J connectivity index is 2.18. The molecule has 2 rings (SSSR count). The predicted octanol–water partition coefficient (Wildman–Crippen LogP) is 6.06. The molecule has 0 spiro atoms. The van der Waals surface area contributed by atoms with Gasteiger partial charge < -0.3 is 10.1 Å². The smallest absolute Gasteiger partial charge is 0.172 e. The molecule has 1 aromatic rings. The lowest BCUT2D eigenvalue weighted by Crippen LogP contribution is -2.13. The van der Waals surface area contributed by atoms with Crippen LogP contribution >= 0.6 is 0 Å². The third-order valence-corrected chi connectivity index (χ3v) is 4.51. The van der Waals surface area contributed by atoms with Gasteiger partial charge in [0.1, 0.15) is 0 Å². The Kier molecular flexibility index (Phi) is 7.35. The molecule has 0 aliphatic heterocycles. The number of hydrogen-bond acceptors (Lipinski definition) is 2. The summed E-state index contributed by atoms with van der Waals surface area (Å²) in [5.74, 6) is 0.397. The molecule has 0 amide bonds. The van der Waals surface area contributed by atoms with Gasteiger partial charge in [0.05, 0.1) is 6.61 Å². The van der Waals surface area contributed by atoms with Crippen LogP contribution in [0.1, 0.15) is 44.6 Å². The molecule has 0 bridgehead atoms. The van der Waals surface area contributed by atoms with Gasteiger partial charge in [-0.15, -0.1) is 0 Å². The first-order valence-electron chi connectivity index (χ1n) is 8.83. The molecule has 1 aliphatic carbocycles. The van der Waals surface area contributed by atoms with E-state index in [0.29, 0.717) is 23.7 Å². The van der Waals surface area contributed by atoms with Crippen molar-refractivity contribution < 1.29 is 9.13 Å². The number of halogens is 1. The van der Waals surface area contributed by atoms with E-state index < -0.39 is 5.83 Å². The Bertz CT molecular complexity index is 690. The lowest BCUT2D eigenvalue weighted by molar-refractivity contribution is 0.141. The van der Waals surface area contributed by atoms with E-state index in [-0.39, 0.29) is 5.76 Å². The average molecular weight is 339 g/mol. The molecule has 0 atom stereocenters. The highest BCUT2D eigenvalue weighted by atomic mass is 19.1. The summed E-state index contributed by atoms with van der Waals surface area (Å²) in [6, 6.07) is 9.64. The van der Waals surface area contributed by atoms with E-state index in [1.165, 1.54) is 25.3 Å². The van der Waals surface area contributed by atoms with Crippen LogP contribution in [0.4, 0.5) is 10.1 Å². The fourth-order valence-electron chi connectivity index (χ4n) is 3.15. The monoisotopic (exact) mass is 339 g/mol. The molecule has 0 radical (unpaired) electrons. The van der Waals surface area contributed by atoms with Gasteiger partial charge in [-0.1, -0.05) is 50.5 Å². The van der Waals surface area contributed by atoms with Crippen LogP contribution in [0.25, 0.3) is 5.57 Å². The quantitative estimate of drug-likeness (QED) is 0.282. The molecular formula is C22H26FNO. The highest BCUT2D eigenvalue weighted by molar-refractivity contribution is 5.79. The molecule has 1 aromatic carbocycles. The van der Waals surface area contributed by atoms with Gasteiger partial charge >= 0.3 is 0 Å². The van der Waals surface area contributed by atoms with Gasteiger partial charge in [-0.3, -0.25) is 0 Å². The van der Waals surface area contributed by atoms with Crippen LogP contribution in [0, 0.1) is 18.4 Å². The Morgan fingerprint density at radius 3 is 2.80 bits per heavy atom. The van der Waals surface area contributed by atoms with E-state index in [4.69, 9.17) is 11.2 Å². The number of anilines is 1. The van der Waals surface area contributed by atoms with Crippen molar-refractivity contribution in [3.8, 4) is 12.5 Å². The standard InChI is InChI=1S/C22H26FNO/c1-4-20(18-13-10-14-19(15-18)24-6-3)22(23)21(5-2)25-16-17-11-8-7-9-12-17/h3-5,10,13-15,17,24H,1,7-9,11-12,16H2,2H3/b21-5+,22-20-. The van der Waals surface area contributed by atoms with E-state index in [0.717, 1.165) is 18.5 Å². The number of terminal acetylenes is 1. The normalized spacial score (nSPS) is 16.6. The summed E-state index contributed by atoms with van der Waals surface area (Å²) in [6.07, 6.45) is 14.5. The molecular weight excluding hydrogens is 313 g/mol. The minimum atomic E-state index is -0.397. The fraction of sp³-hybridized carbons (Fsp3) is 0.364. The minimum absolute atomic E-state index is 0.274. The summed E-state index contributed by atoms with van der Waals surface area (Å²) in [5.41, 5.74) is 1.84. The van der Waals surface area contributed by atoms with Crippen LogP contribution in [-0.4, -0.2) is 6.61 Å². The molecule has 2 nitrogen and oxygen atoms in total. The lowest BCUT2D eigenvalue weighted by atomic mass is 9.90. The van der Waals surface area contributed by atoms with Gasteiger partial charge in [0.15, 0.2) is 11.6 Å². The molecule has 0 aromatic heterocycles. The Morgan fingerprint density at radius 1 is 1.40 bits per heavy atom. The Labute approximate surface area is 150 Å². The van der Waals surface area contributed by atoms with E-state index in [1.54, 1.807) is 19.1 Å². The van der Waals surface area contributed by atoms with Crippen molar-refractivity contribution in [3.05, 3.63) is 60.1 Å². The molecule has 1 fully saturated rings. The molecule has 25 heavy (non-hydrogen) atoms. The van der Waals surface area contributed by atoms with Crippen molar-refractivity contribution in [1.29, 1.82) is 0 Å². The molecule has 0 saturated heterocycles. The molecule has 0 heterocycles. The molecule has 1 saturated carbocycles. The summed E-state index contributed by atoms with van der Waals surface area (Å²) in [5, 5.41) is 2.78. The SMILES string of the molecule is C#CNc1cccc(/C(C=C)=C(F)/C(=C\C)OCC2CCCCC2)c1. The van der Waals surface area contributed by atoms with Gasteiger partial charge in [-0.2, -0.15) is 0 Å². The summed E-state index contributed by atoms with van der Waals surface area (Å²) in [7, 11) is 0. The minimum Gasteiger partial charge on any atom is -0.491 e. The predicted molar refractivity (Wildman–Crippen MR) is 103 cm³/mol. The highest BCUT2D eigenvalue weighted by Crippen LogP contribution is 2.30. The van der Waals surface area contributed by atoms with Gasteiger partial charge in [-0.05, 0) is 49.5 Å². The van der Waals surface area contributed by atoms with E-state index in [9.17, 15) is 0 Å². The zero-order valence-corrected chi connectivity index (χ0v) is 14.9. The van der Waals surface area contributed by atoms with Crippen molar-refractivity contribution in [2.24, 2.45) is 5.92 Å². The third kappa shape index (κ3) is 5.26. The summed E-state index contributed by atoms with van der Waals surface area (Å²) in [6.45, 7) is 6.11. The second-order valence-electron chi connectivity index (χ2n) is 6.25. The van der Waals surface area contributed by atoms with Gasteiger partial charge in [0.25, 0.3) is 0 Å². The number of hydrogen-bond donors (Lipinski definition) is 1. The second kappa shape index (κ2) is 9.74. The zero-order valence-electron chi connectivity index (χ0n) is 14.9. The average Bonchev–Trinajstić information content (AvgIpc) is 2.64. The van der Waals surface area contributed by atoms with Crippen molar-refractivity contribution in [2.45, 2.75) is 39.0 Å². The fourth-order valence-corrected chi connectivity index (χ4v) is 3.15. The van der Waals surface area contributed by atoms with Crippen molar-refractivity contribution in [2.75, 3.05) is 11.9 Å². The summed E-state index contributed by atoms with van der Waals surface area (Å²) in [4.78, 5) is 0. The van der Waals surface area contributed by atoms with Crippen LogP contribution in [0.15, 0.2) is 54.6 Å². The molecule has 3 heteroatoms. The number of nitrogens with one attached hydrogen (secondary N) is 1. The van der Waals surface area contributed by atoms with E-state index >= 15 is 4.39 Å². The van der Waals surface area contributed by atoms with Crippen LogP contribution in [0.3, 0.4) is 0 Å². The molecule has 1 aliphatic rings.